The van der Waals surface area contributed by atoms with E-state index >= 15 is 0 Å². The van der Waals surface area contributed by atoms with Crippen molar-refractivity contribution in [2.24, 2.45) is 7.05 Å². The summed E-state index contributed by atoms with van der Waals surface area (Å²) in [6.45, 7) is 0. The van der Waals surface area contributed by atoms with Crippen LogP contribution in [0.5, 0.6) is 5.75 Å². The third-order valence-electron chi connectivity index (χ3n) is 2.30. The van der Waals surface area contributed by atoms with Crippen molar-refractivity contribution in [3.05, 3.63) is 22.0 Å². The monoisotopic (exact) mass is 250 g/mol. The quantitative estimate of drug-likeness (QED) is 0.859. The first-order valence-electron chi connectivity index (χ1n) is 4.79. The van der Waals surface area contributed by atoms with Crippen LogP contribution in [0, 0.1) is 0 Å². The maximum Gasteiger partial charge on any atom is 0.394 e. The van der Waals surface area contributed by atoms with Crippen LogP contribution in [0.25, 0.3) is 0 Å². The number of aromatic hydroxyl groups is 1. The molecule has 1 aromatic rings. The number of hydrogen-bond acceptors (Lipinski definition) is 3. The Morgan fingerprint density at radius 3 is 2.35 bits per heavy atom. The number of pyridine rings is 1. The largest absolute Gasteiger partial charge is 0.502 e. The molecular formula is C10H13F3N2O2. The van der Waals surface area contributed by atoms with Crippen molar-refractivity contribution in [2.75, 3.05) is 19.0 Å². The molecule has 0 fully saturated rings. The molecule has 0 aliphatic carbocycles. The average molecular weight is 250 g/mol. The highest BCUT2D eigenvalue weighted by Crippen LogP contribution is 2.26. The Morgan fingerprint density at radius 1 is 1.41 bits per heavy atom. The third kappa shape index (κ3) is 2.92. The van der Waals surface area contributed by atoms with Crippen LogP contribution in [-0.4, -0.2) is 29.9 Å². The minimum absolute atomic E-state index is 0.0525. The minimum atomic E-state index is -4.40. The van der Waals surface area contributed by atoms with Gasteiger partial charge in [-0.3, -0.25) is 4.79 Å². The number of aromatic nitrogens is 1. The zero-order valence-corrected chi connectivity index (χ0v) is 9.67. The van der Waals surface area contributed by atoms with Gasteiger partial charge in [0.15, 0.2) is 5.82 Å². The van der Waals surface area contributed by atoms with Gasteiger partial charge in [0.2, 0.25) is 11.2 Å². The Bertz CT molecular complexity index is 478. The first-order chi connectivity index (χ1) is 7.63. The number of rotatable bonds is 2. The molecule has 0 unspecified atom stereocenters. The topological polar surface area (TPSA) is 45.5 Å². The predicted octanol–water partition coefficient (Wildman–Crippen LogP) is 1.26. The molecule has 1 rings (SSSR count). The van der Waals surface area contributed by atoms with E-state index in [-0.39, 0.29) is 11.5 Å². The highest BCUT2D eigenvalue weighted by Gasteiger charge is 2.30. The Hall–Kier alpha value is -1.66. The van der Waals surface area contributed by atoms with Crippen LogP contribution in [0.1, 0.15) is 5.69 Å². The summed E-state index contributed by atoms with van der Waals surface area (Å²) in [5.74, 6) is -0.500. The van der Waals surface area contributed by atoms with Crippen molar-refractivity contribution in [1.82, 2.24) is 4.57 Å². The van der Waals surface area contributed by atoms with Gasteiger partial charge in [0, 0.05) is 32.9 Å². The molecule has 0 spiro atoms. The number of nitrogens with zero attached hydrogens (tertiary/aromatic N) is 2. The molecule has 1 N–H and O–H groups in total. The second-order valence-electron chi connectivity index (χ2n) is 3.92. The van der Waals surface area contributed by atoms with E-state index < -0.39 is 23.8 Å². The van der Waals surface area contributed by atoms with Crippen molar-refractivity contribution in [2.45, 2.75) is 12.6 Å². The number of anilines is 1. The molecule has 0 aliphatic heterocycles. The van der Waals surface area contributed by atoms with E-state index in [2.05, 4.69) is 0 Å². The zero-order valence-electron chi connectivity index (χ0n) is 9.67. The summed E-state index contributed by atoms with van der Waals surface area (Å²) < 4.78 is 38.0. The van der Waals surface area contributed by atoms with Crippen LogP contribution < -0.4 is 10.3 Å². The van der Waals surface area contributed by atoms with Gasteiger partial charge in [-0.25, -0.2) is 0 Å². The molecule has 7 heteroatoms. The van der Waals surface area contributed by atoms with Gasteiger partial charge >= 0.3 is 6.18 Å². The molecule has 0 saturated carbocycles. The summed E-state index contributed by atoms with van der Waals surface area (Å²) in [5, 5.41) is 9.52. The van der Waals surface area contributed by atoms with Crippen LogP contribution in [0.4, 0.5) is 19.0 Å². The molecule has 1 heterocycles. The molecule has 0 radical (unpaired) electrons. The molecular weight excluding hydrogens is 237 g/mol. The van der Waals surface area contributed by atoms with Gasteiger partial charge in [0.25, 0.3) is 0 Å². The highest BCUT2D eigenvalue weighted by atomic mass is 19.4. The normalized spacial score (nSPS) is 11.6. The molecule has 96 valence electrons. The minimum Gasteiger partial charge on any atom is -0.502 e. The van der Waals surface area contributed by atoms with E-state index in [1.165, 1.54) is 26.0 Å². The molecule has 0 aliphatic rings. The van der Waals surface area contributed by atoms with Crippen LogP contribution in [0.15, 0.2) is 10.9 Å². The maximum atomic E-state index is 12.3. The lowest BCUT2D eigenvalue weighted by atomic mass is 10.2. The third-order valence-corrected chi connectivity index (χ3v) is 2.30. The van der Waals surface area contributed by atoms with E-state index in [1.54, 1.807) is 0 Å². The van der Waals surface area contributed by atoms with Gasteiger partial charge in [0.1, 0.15) is 0 Å². The van der Waals surface area contributed by atoms with Crippen molar-refractivity contribution in [3.8, 4) is 5.75 Å². The van der Waals surface area contributed by atoms with Gasteiger partial charge in [0.05, 0.1) is 6.42 Å². The lowest BCUT2D eigenvalue weighted by Crippen LogP contribution is -2.24. The Balaban J connectivity index is 3.40. The van der Waals surface area contributed by atoms with Gasteiger partial charge in [-0.05, 0) is 0 Å². The van der Waals surface area contributed by atoms with Crippen molar-refractivity contribution in [3.63, 3.8) is 0 Å². The number of alkyl halides is 3. The van der Waals surface area contributed by atoms with Gasteiger partial charge in [-0.15, -0.1) is 0 Å². The summed E-state index contributed by atoms with van der Waals surface area (Å²) in [6.07, 6.45) is -5.61. The first kappa shape index (κ1) is 13.4. The van der Waals surface area contributed by atoms with Crippen molar-refractivity contribution >= 4 is 5.82 Å². The van der Waals surface area contributed by atoms with Gasteiger partial charge in [-0.2, -0.15) is 13.2 Å². The van der Waals surface area contributed by atoms with Crippen LogP contribution in [-0.2, 0) is 13.5 Å². The fourth-order valence-electron chi connectivity index (χ4n) is 1.61. The molecule has 0 aromatic carbocycles. The molecule has 0 bridgehead atoms. The van der Waals surface area contributed by atoms with E-state index in [4.69, 9.17) is 0 Å². The summed E-state index contributed by atoms with van der Waals surface area (Å²) in [6, 6.07) is 0.801. The lowest BCUT2D eigenvalue weighted by Gasteiger charge is -2.21. The van der Waals surface area contributed by atoms with Crippen molar-refractivity contribution in [1.29, 1.82) is 0 Å². The Kier molecular flexibility index (Phi) is 3.40. The summed E-state index contributed by atoms with van der Waals surface area (Å²) >= 11 is 0. The summed E-state index contributed by atoms with van der Waals surface area (Å²) in [7, 11) is 4.44. The highest BCUT2D eigenvalue weighted by molar-refractivity contribution is 5.52. The molecule has 0 amide bonds. The number of hydrogen-bond donors (Lipinski definition) is 1. The fraction of sp³-hybridized carbons (Fsp3) is 0.500. The summed E-state index contributed by atoms with van der Waals surface area (Å²) in [5.41, 5.74) is -1.00. The van der Waals surface area contributed by atoms with E-state index in [0.717, 1.165) is 10.6 Å². The van der Waals surface area contributed by atoms with Crippen molar-refractivity contribution < 1.29 is 18.3 Å². The van der Waals surface area contributed by atoms with Crippen LogP contribution >= 0.6 is 0 Å². The average Bonchev–Trinajstić information content (AvgIpc) is 2.11. The van der Waals surface area contributed by atoms with Gasteiger partial charge in [-0.1, -0.05) is 0 Å². The molecule has 0 saturated heterocycles. The van der Waals surface area contributed by atoms with Crippen LogP contribution in [0.3, 0.4) is 0 Å². The van der Waals surface area contributed by atoms with E-state index in [1.807, 2.05) is 0 Å². The maximum absolute atomic E-state index is 12.3. The second-order valence-corrected chi connectivity index (χ2v) is 3.92. The molecule has 17 heavy (non-hydrogen) atoms. The standard InChI is InChI=1S/C10H13F3N2O2/c1-14(2)9-8(17)7(16)4-6(15(9)3)5-10(11,12)13/h4,17H,5H2,1-3H3. The van der Waals surface area contributed by atoms with Crippen LogP contribution in [0.2, 0.25) is 0 Å². The first-order valence-corrected chi connectivity index (χ1v) is 4.79. The molecule has 1 aromatic heterocycles. The number of halogens is 3. The molecule has 0 atom stereocenters. The lowest BCUT2D eigenvalue weighted by molar-refractivity contribution is -0.128. The van der Waals surface area contributed by atoms with Gasteiger partial charge < -0.3 is 14.6 Å². The van der Waals surface area contributed by atoms with E-state index in [9.17, 15) is 23.1 Å². The Labute approximate surface area is 95.9 Å². The summed E-state index contributed by atoms with van der Waals surface area (Å²) in [4.78, 5) is 12.7. The fourth-order valence-corrected chi connectivity index (χ4v) is 1.61. The SMILES string of the molecule is CN(C)c1c(O)c(=O)cc(CC(F)(F)F)n1C. The van der Waals surface area contributed by atoms with E-state index in [0.29, 0.717) is 0 Å². The second kappa shape index (κ2) is 4.31. The Morgan fingerprint density at radius 2 is 1.94 bits per heavy atom. The molecule has 4 nitrogen and oxygen atoms in total. The smallest absolute Gasteiger partial charge is 0.394 e. The zero-order chi connectivity index (χ0) is 13.4. The predicted molar refractivity (Wildman–Crippen MR) is 57.4 cm³/mol.